The van der Waals surface area contributed by atoms with Crippen LogP contribution in [0.3, 0.4) is 0 Å². The molecule has 0 aliphatic rings. The minimum absolute atomic E-state index is 0.630. The zero-order valence-corrected chi connectivity index (χ0v) is 9.16. The molecule has 2 N–H and O–H groups in total. The van der Waals surface area contributed by atoms with Gasteiger partial charge in [-0.05, 0) is 31.1 Å². The highest BCUT2D eigenvalue weighted by Crippen LogP contribution is 2.06. The molecule has 0 bridgehead atoms. The fourth-order valence-electron chi connectivity index (χ4n) is 1.55. The predicted octanol–water partition coefficient (Wildman–Crippen LogP) is 1.99. The first kappa shape index (κ1) is 11.2. The minimum Gasteiger partial charge on any atom is -0.326 e. The first-order chi connectivity index (χ1) is 6.76. The average Bonchev–Trinajstić information content (AvgIpc) is 2.19. The lowest BCUT2D eigenvalue weighted by Gasteiger charge is -2.15. The minimum atomic E-state index is 0.630. The summed E-state index contributed by atoms with van der Waals surface area (Å²) in [6.07, 6.45) is 1.21. The van der Waals surface area contributed by atoms with Crippen molar-refractivity contribution in [2.75, 3.05) is 13.6 Å². The fourth-order valence-corrected chi connectivity index (χ4v) is 1.55. The van der Waals surface area contributed by atoms with Crippen molar-refractivity contribution < 1.29 is 0 Å². The van der Waals surface area contributed by atoms with Crippen LogP contribution in [-0.4, -0.2) is 18.5 Å². The Kier molecular flexibility index (Phi) is 4.63. The Hall–Kier alpha value is -0.860. The third kappa shape index (κ3) is 3.48. The first-order valence-electron chi connectivity index (χ1n) is 5.22. The van der Waals surface area contributed by atoms with Crippen LogP contribution in [0.2, 0.25) is 0 Å². The van der Waals surface area contributed by atoms with Crippen LogP contribution in [0, 0.1) is 0 Å². The van der Waals surface area contributed by atoms with Crippen molar-refractivity contribution in [1.82, 2.24) is 4.90 Å². The van der Waals surface area contributed by atoms with E-state index in [1.165, 1.54) is 17.5 Å². The van der Waals surface area contributed by atoms with E-state index in [9.17, 15) is 0 Å². The molecule has 0 saturated carbocycles. The zero-order valence-electron chi connectivity index (χ0n) is 9.16. The van der Waals surface area contributed by atoms with E-state index >= 15 is 0 Å². The molecule has 0 unspecified atom stereocenters. The van der Waals surface area contributed by atoms with Gasteiger partial charge >= 0.3 is 0 Å². The molecule has 78 valence electrons. The number of nitrogens with zero attached hydrogens (tertiary/aromatic N) is 1. The summed E-state index contributed by atoms with van der Waals surface area (Å²) >= 11 is 0. The Bertz CT molecular complexity index is 254. The zero-order chi connectivity index (χ0) is 10.4. The largest absolute Gasteiger partial charge is 0.326 e. The number of hydrogen-bond acceptors (Lipinski definition) is 2. The van der Waals surface area contributed by atoms with Gasteiger partial charge in [-0.2, -0.15) is 0 Å². The van der Waals surface area contributed by atoms with Gasteiger partial charge in [-0.3, -0.25) is 0 Å². The molecule has 0 atom stereocenters. The van der Waals surface area contributed by atoms with Gasteiger partial charge in [-0.1, -0.05) is 31.2 Å². The molecule has 0 fully saturated rings. The molecule has 0 radical (unpaired) electrons. The molecular weight excluding hydrogens is 172 g/mol. The Morgan fingerprint density at radius 3 is 2.21 bits per heavy atom. The molecule has 0 spiro atoms. The highest BCUT2D eigenvalue weighted by atomic mass is 15.1. The maximum atomic E-state index is 5.54. The molecule has 1 aromatic carbocycles. The fraction of sp³-hybridized carbons (Fsp3) is 0.500. The second kappa shape index (κ2) is 5.78. The lowest BCUT2D eigenvalue weighted by Crippen LogP contribution is -2.18. The number of rotatable bonds is 5. The van der Waals surface area contributed by atoms with Crippen LogP contribution in [0.15, 0.2) is 24.3 Å². The summed E-state index contributed by atoms with van der Waals surface area (Å²) in [5, 5.41) is 0. The molecule has 1 aromatic rings. The number of nitrogens with two attached hydrogens (primary N) is 1. The smallest absolute Gasteiger partial charge is 0.0230 e. The summed E-state index contributed by atoms with van der Waals surface area (Å²) in [5.41, 5.74) is 8.10. The highest BCUT2D eigenvalue weighted by molar-refractivity contribution is 5.22. The standard InChI is InChI=1S/C12H20N2/c1-3-8-14(2)10-12-6-4-11(9-13)5-7-12/h4-7H,3,8-10,13H2,1-2H3. The summed E-state index contributed by atoms with van der Waals surface area (Å²) in [6.45, 7) is 5.01. The first-order valence-corrected chi connectivity index (χ1v) is 5.22. The Morgan fingerprint density at radius 2 is 1.71 bits per heavy atom. The van der Waals surface area contributed by atoms with Gasteiger partial charge in [0.2, 0.25) is 0 Å². The van der Waals surface area contributed by atoms with Gasteiger partial charge in [-0.25, -0.2) is 0 Å². The van der Waals surface area contributed by atoms with E-state index in [1.807, 2.05) is 0 Å². The van der Waals surface area contributed by atoms with E-state index in [4.69, 9.17) is 5.73 Å². The van der Waals surface area contributed by atoms with Gasteiger partial charge in [-0.15, -0.1) is 0 Å². The Morgan fingerprint density at radius 1 is 1.14 bits per heavy atom. The topological polar surface area (TPSA) is 29.3 Å². The Labute approximate surface area is 86.7 Å². The molecule has 14 heavy (non-hydrogen) atoms. The monoisotopic (exact) mass is 192 g/mol. The van der Waals surface area contributed by atoms with Crippen molar-refractivity contribution in [2.45, 2.75) is 26.4 Å². The highest BCUT2D eigenvalue weighted by Gasteiger charge is 1.98. The molecule has 0 aliphatic heterocycles. The molecule has 0 saturated heterocycles. The lowest BCUT2D eigenvalue weighted by atomic mass is 10.1. The van der Waals surface area contributed by atoms with E-state index in [1.54, 1.807) is 0 Å². The van der Waals surface area contributed by atoms with E-state index in [0.29, 0.717) is 6.54 Å². The van der Waals surface area contributed by atoms with Crippen LogP contribution < -0.4 is 5.73 Å². The quantitative estimate of drug-likeness (QED) is 0.773. The van der Waals surface area contributed by atoms with Crippen molar-refractivity contribution in [1.29, 1.82) is 0 Å². The Balaban J connectivity index is 2.50. The van der Waals surface area contributed by atoms with Crippen LogP contribution in [0.5, 0.6) is 0 Å². The second-order valence-electron chi connectivity index (χ2n) is 3.76. The second-order valence-corrected chi connectivity index (χ2v) is 3.76. The van der Waals surface area contributed by atoms with E-state index < -0.39 is 0 Å². The van der Waals surface area contributed by atoms with Gasteiger partial charge in [0.25, 0.3) is 0 Å². The maximum absolute atomic E-state index is 5.54. The SMILES string of the molecule is CCCN(C)Cc1ccc(CN)cc1. The molecule has 1 rings (SSSR count). The molecule has 2 heteroatoms. The molecule has 0 aromatic heterocycles. The summed E-state index contributed by atoms with van der Waals surface area (Å²) in [7, 11) is 2.15. The van der Waals surface area contributed by atoms with Gasteiger partial charge in [0.15, 0.2) is 0 Å². The molecular formula is C12H20N2. The summed E-state index contributed by atoms with van der Waals surface area (Å²) in [4.78, 5) is 2.33. The number of benzene rings is 1. The summed E-state index contributed by atoms with van der Waals surface area (Å²) in [6, 6.07) is 8.53. The van der Waals surface area contributed by atoms with Crippen LogP contribution in [-0.2, 0) is 13.1 Å². The number of hydrogen-bond donors (Lipinski definition) is 1. The van der Waals surface area contributed by atoms with Gasteiger partial charge in [0.05, 0.1) is 0 Å². The van der Waals surface area contributed by atoms with Crippen LogP contribution >= 0.6 is 0 Å². The predicted molar refractivity (Wildman–Crippen MR) is 61.0 cm³/mol. The van der Waals surface area contributed by atoms with E-state index in [-0.39, 0.29) is 0 Å². The lowest BCUT2D eigenvalue weighted by molar-refractivity contribution is 0.327. The van der Waals surface area contributed by atoms with Crippen molar-refractivity contribution in [2.24, 2.45) is 5.73 Å². The van der Waals surface area contributed by atoms with Gasteiger partial charge in [0, 0.05) is 13.1 Å². The van der Waals surface area contributed by atoms with Crippen molar-refractivity contribution in [3.63, 3.8) is 0 Å². The maximum Gasteiger partial charge on any atom is 0.0230 e. The summed E-state index contributed by atoms with van der Waals surface area (Å²) < 4.78 is 0. The normalized spacial score (nSPS) is 10.9. The van der Waals surface area contributed by atoms with Crippen LogP contribution in [0.4, 0.5) is 0 Å². The summed E-state index contributed by atoms with van der Waals surface area (Å²) in [5.74, 6) is 0. The average molecular weight is 192 g/mol. The third-order valence-corrected chi connectivity index (χ3v) is 2.32. The molecule has 0 heterocycles. The van der Waals surface area contributed by atoms with Gasteiger partial charge < -0.3 is 10.6 Å². The van der Waals surface area contributed by atoms with Crippen molar-refractivity contribution in [3.8, 4) is 0 Å². The molecule has 2 nitrogen and oxygen atoms in total. The van der Waals surface area contributed by atoms with Crippen molar-refractivity contribution in [3.05, 3.63) is 35.4 Å². The van der Waals surface area contributed by atoms with E-state index in [0.717, 1.165) is 13.1 Å². The third-order valence-electron chi connectivity index (χ3n) is 2.32. The molecule has 0 aliphatic carbocycles. The van der Waals surface area contributed by atoms with Crippen molar-refractivity contribution >= 4 is 0 Å². The van der Waals surface area contributed by atoms with Gasteiger partial charge in [0.1, 0.15) is 0 Å². The van der Waals surface area contributed by atoms with E-state index in [2.05, 4.69) is 43.1 Å². The van der Waals surface area contributed by atoms with Crippen LogP contribution in [0.25, 0.3) is 0 Å². The van der Waals surface area contributed by atoms with Crippen LogP contribution in [0.1, 0.15) is 24.5 Å². The molecule has 0 amide bonds.